The van der Waals surface area contributed by atoms with E-state index in [1.54, 1.807) is 0 Å². The molecule has 0 aliphatic heterocycles. The maximum atomic E-state index is 12.9. The van der Waals surface area contributed by atoms with Gasteiger partial charge in [0.2, 0.25) is 0 Å². The molecule has 6 nitrogen and oxygen atoms in total. The Morgan fingerprint density at radius 2 is 0.468 bits per heavy atom. The van der Waals surface area contributed by atoms with Gasteiger partial charge in [-0.3, -0.25) is 14.4 Å². The molecule has 0 fully saturated rings. The van der Waals surface area contributed by atoms with Crippen molar-refractivity contribution < 1.29 is 28.6 Å². The summed E-state index contributed by atoms with van der Waals surface area (Å²) in [7, 11) is 0. The van der Waals surface area contributed by atoms with Crippen molar-refractivity contribution in [1.82, 2.24) is 0 Å². The minimum atomic E-state index is -0.777. The van der Waals surface area contributed by atoms with Crippen LogP contribution >= 0.6 is 0 Å². The highest BCUT2D eigenvalue weighted by atomic mass is 16.6. The van der Waals surface area contributed by atoms with Gasteiger partial charge in [-0.1, -0.05) is 294 Å². The van der Waals surface area contributed by atoms with E-state index in [9.17, 15) is 14.4 Å². The Labute approximate surface area is 479 Å². The van der Waals surface area contributed by atoms with Gasteiger partial charge in [-0.2, -0.15) is 0 Å². The maximum absolute atomic E-state index is 12.9. The lowest BCUT2D eigenvalue weighted by molar-refractivity contribution is -0.167. The first-order valence-electron chi connectivity index (χ1n) is 34.1. The fraction of sp³-hybridized carbons (Fsp3) is 0.845. The predicted octanol–water partition coefficient (Wildman–Crippen LogP) is 23.3. The lowest BCUT2D eigenvalue weighted by Gasteiger charge is -2.18. The summed E-state index contributed by atoms with van der Waals surface area (Å²) < 4.78 is 17.0. The SMILES string of the molecule is CCCCCCC/C=C\C/C=C\CCCCCCCCCCCCCC(=O)OCC(COC(=O)CCCCCCCCC/C=C\CCCCCCCC)OC(=O)CCCCCCCCCCC/C=C\CCCCCCCC. The smallest absolute Gasteiger partial charge is 0.306 e. The molecule has 1 unspecified atom stereocenters. The lowest BCUT2D eigenvalue weighted by Crippen LogP contribution is -2.30. The van der Waals surface area contributed by atoms with E-state index in [0.29, 0.717) is 19.3 Å². The molecular weight excluding hydrogens is 949 g/mol. The van der Waals surface area contributed by atoms with E-state index in [0.717, 1.165) is 64.2 Å². The van der Waals surface area contributed by atoms with E-state index in [1.165, 1.54) is 263 Å². The van der Waals surface area contributed by atoms with Crippen LogP contribution in [-0.4, -0.2) is 37.2 Å². The van der Waals surface area contributed by atoms with Crippen molar-refractivity contribution in [3.8, 4) is 0 Å². The molecule has 0 amide bonds. The van der Waals surface area contributed by atoms with Gasteiger partial charge in [-0.15, -0.1) is 0 Å². The third kappa shape index (κ3) is 64.1. The van der Waals surface area contributed by atoms with Crippen LogP contribution < -0.4 is 0 Å². The lowest BCUT2D eigenvalue weighted by atomic mass is 10.0. The minimum absolute atomic E-state index is 0.0735. The number of carbonyl (C=O) groups excluding carboxylic acids is 3. The predicted molar refractivity (Wildman–Crippen MR) is 335 cm³/mol. The van der Waals surface area contributed by atoms with E-state index >= 15 is 0 Å². The molecule has 0 bridgehead atoms. The van der Waals surface area contributed by atoms with Crippen LogP contribution in [0, 0.1) is 0 Å². The van der Waals surface area contributed by atoms with E-state index in [2.05, 4.69) is 69.4 Å². The molecule has 0 heterocycles. The van der Waals surface area contributed by atoms with Gasteiger partial charge in [-0.05, 0) is 103 Å². The first-order chi connectivity index (χ1) is 38.0. The second-order valence-corrected chi connectivity index (χ2v) is 23.1. The highest BCUT2D eigenvalue weighted by Crippen LogP contribution is 2.17. The van der Waals surface area contributed by atoms with Gasteiger partial charge in [0, 0.05) is 19.3 Å². The molecule has 0 radical (unpaired) electrons. The monoisotopic (exact) mass is 1080 g/mol. The molecule has 0 aromatic heterocycles. The Hall–Kier alpha value is -2.63. The highest BCUT2D eigenvalue weighted by molar-refractivity contribution is 5.71. The van der Waals surface area contributed by atoms with Crippen LogP contribution in [0.2, 0.25) is 0 Å². The van der Waals surface area contributed by atoms with Crippen LogP contribution in [0.25, 0.3) is 0 Å². The zero-order valence-corrected chi connectivity index (χ0v) is 51.7. The zero-order valence-electron chi connectivity index (χ0n) is 51.7. The topological polar surface area (TPSA) is 78.9 Å². The van der Waals surface area contributed by atoms with Crippen molar-refractivity contribution in [2.75, 3.05) is 13.2 Å². The Morgan fingerprint density at radius 1 is 0.260 bits per heavy atom. The average Bonchev–Trinajstić information content (AvgIpc) is 3.43. The standard InChI is InChI=1S/C71H130O6/c1-4-7-10-13-16-19-22-25-28-31-33-34-35-36-38-40-43-46-49-52-55-58-61-64-70(73)76-67-68(66-75-69(72)63-60-57-54-51-48-45-42-39-30-27-24-21-18-15-12-9-6-3)77-71(74)65-62-59-56-53-50-47-44-41-37-32-29-26-23-20-17-14-11-8-5-2/h22,25-27,29-31,33,68H,4-21,23-24,28,32,34-67H2,1-3H3/b25-22-,29-26-,30-27-,33-31-. The summed E-state index contributed by atoms with van der Waals surface area (Å²) in [6, 6.07) is 0. The van der Waals surface area contributed by atoms with Crippen LogP contribution in [0.3, 0.4) is 0 Å². The van der Waals surface area contributed by atoms with Gasteiger partial charge in [0.1, 0.15) is 13.2 Å². The fourth-order valence-electron chi connectivity index (χ4n) is 10.1. The molecular formula is C71H130O6. The number of carbonyl (C=O) groups is 3. The van der Waals surface area contributed by atoms with Crippen molar-refractivity contribution in [2.24, 2.45) is 0 Å². The van der Waals surface area contributed by atoms with Crippen molar-refractivity contribution in [1.29, 1.82) is 0 Å². The second-order valence-electron chi connectivity index (χ2n) is 23.1. The highest BCUT2D eigenvalue weighted by Gasteiger charge is 2.19. The molecule has 0 saturated carbocycles. The van der Waals surface area contributed by atoms with Gasteiger partial charge < -0.3 is 14.2 Å². The summed E-state index contributed by atoms with van der Waals surface area (Å²) in [6.45, 7) is 6.68. The van der Waals surface area contributed by atoms with Crippen LogP contribution in [0.4, 0.5) is 0 Å². The number of esters is 3. The molecule has 0 rings (SSSR count). The largest absolute Gasteiger partial charge is 0.462 e. The molecule has 0 aromatic carbocycles. The fourth-order valence-corrected chi connectivity index (χ4v) is 10.1. The average molecular weight is 1080 g/mol. The third-order valence-corrected chi connectivity index (χ3v) is 15.3. The van der Waals surface area contributed by atoms with Crippen LogP contribution in [0.15, 0.2) is 48.6 Å². The zero-order chi connectivity index (χ0) is 55.7. The van der Waals surface area contributed by atoms with Gasteiger partial charge in [0.25, 0.3) is 0 Å². The number of allylic oxidation sites excluding steroid dienone is 8. The molecule has 0 spiro atoms. The van der Waals surface area contributed by atoms with Crippen LogP contribution in [0.5, 0.6) is 0 Å². The summed E-state index contributed by atoms with van der Waals surface area (Å²) in [5.41, 5.74) is 0. The molecule has 0 saturated heterocycles. The maximum Gasteiger partial charge on any atom is 0.306 e. The summed E-state index contributed by atoms with van der Waals surface area (Å²) in [5.74, 6) is -0.858. The summed E-state index contributed by atoms with van der Waals surface area (Å²) >= 11 is 0. The van der Waals surface area contributed by atoms with Crippen molar-refractivity contribution in [3.05, 3.63) is 48.6 Å². The van der Waals surface area contributed by atoms with E-state index in [4.69, 9.17) is 14.2 Å². The van der Waals surface area contributed by atoms with E-state index < -0.39 is 6.10 Å². The molecule has 77 heavy (non-hydrogen) atoms. The first-order valence-corrected chi connectivity index (χ1v) is 34.1. The third-order valence-electron chi connectivity index (χ3n) is 15.3. The number of hydrogen-bond acceptors (Lipinski definition) is 6. The molecule has 1 atom stereocenters. The number of rotatable bonds is 63. The van der Waals surface area contributed by atoms with Crippen LogP contribution in [-0.2, 0) is 28.6 Å². The molecule has 0 N–H and O–H groups in total. The number of ether oxygens (including phenoxy) is 3. The van der Waals surface area contributed by atoms with Crippen LogP contribution in [0.1, 0.15) is 367 Å². The minimum Gasteiger partial charge on any atom is -0.462 e. The number of hydrogen-bond donors (Lipinski definition) is 0. The summed E-state index contributed by atoms with van der Waals surface area (Å²) in [4.78, 5) is 38.4. The summed E-state index contributed by atoms with van der Waals surface area (Å²) in [6.07, 6.45) is 82.6. The molecule has 0 aliphatic carbocycles. The Morgan fingerprint density at radius 3 is 0.727 bits per heavy atom. The molecule has 0 aromatic rings. The van der Waals surface area contributed by atoms with E-state index in [-0.39, 0.29) is 31.1 Å². The second kappa shape index (κ2) is 65.9. The van der Waals surface area contributed by atoms with Crippen molar-refractivity contribution in [3.63, 3.8) is 0 Å². The number of unbranched alkanes of at least 4 members (excludes halogenated alkanes) is 44. The Balaban J connectivity index is 4.33. The molecule has 0 aliphatic rings. The molecule has 6 heteroatoms. The van der Waals surface area contributed by atoms with E-state index in [1.807, 2.05) is 0 Å². The Bertz CT molecular complexity index is 1330. The van der Waals surface area contributed by atoms with Gasteiger partial charge in [0.05, 0.1) is 0 Å². The van der Waals surface area contributed by atoms with Crippen molar-refractivity contribution >= 4 is 17.9 Å². The van der Waals surface area contributed by atoms with Gasteiger partial charge in [0.15, 0.2) is 6.10 Å². The van der Waals surface area contributed by atoms with Gasteiger partial charge in [-0.25, -0.2) is 0 Å². The van der Waals surface area contributed by atoms with Crippen molar-refractivity contribution in [2.45, 2.75) is 374 Å². The Kier molecular flexibility index (Phi) is 63.6. The normalized spacial score (nSPS) is 12.3. The summed E-state index contributed by atoms with van der Waals surface area (Å²) in [5, 5.41) is 0. The van der Waals surface area contributed by atoms with Gasteiger partial charge >= 0.3 is 17.9 Å². The quantitative estimate of drug-likeness (QED) is 0.0261. The molecule has 450 valence electrons. The first kappa shape index (κ1) is 74.4.